The van der Waals surface area contributed by atoms with Crippen molar-refractivity contribution in [1.82, 2.24) is 24.8 Å². The summed E-state index contributed by atoms with van der Waals surface area (Å²) in [6.45, 7) is 14.2. The molecule has 0 radical (unpaired) electrons. The molecule has 2 aromatic heterocycles. The molecule has 2 aliphatic rings. The lowest BCUT2D eigenvalue weighted by atomic mass is 10.2. The molecule has 1 aromatic carbocycles. The highest BCUT2D eigenvalue weighted by molar-refractivity contribution is 6.31. The summed E-state index contributed by atoms with van der Waals surface area (Å²) in [5, 5.41) is 4.03. The second-order valence-corrected chi connectivity index (χ2v) is 13.1. The standard InChI is InChI=1S/C33H42ClN7O4/c1-23-18-27(43-17-16-40-12-14-41(15-13-40)31(42)45-32(2,3)4)35-20-25(23)21-36-28-29(37-19-24-8-6-7-9-26(24)34)38-22-39-30(28)44-33(5)10-11-33/h6-9,18,20-22H,10-17,19H2,1-5H3,(H,37,38,39). The lowest BCUT2D eigenvalue weighted by molar-refractivity contribution is 0.0136. The summed E-state index contributed by atoms with van der Waals surface area (Å²) in [7, 11) is 0. The maximum absolute atomic E-state index is 12.3. The van der Waals surface area contributed by atoms with Gasteiger partial charge in [-0.2, -0.15) is 4.98 Å². The van der Waals surface area contributed by atoms with Crippen molar-refractivity contribution in [2.45, 2.75) is 65.2 Å². The van der Waals surface area contributed by atoms with E-state index in [1.54, 1.807) is 17.3 Å². The molecule has 1 saturated heterocycles. The number of aryl methyl sites for hydroxylation is 1. The fourth-order valence-corrected chi connectivity index (χ4v) is 4.87. The van der Waals surface area contributed by atoms with Crippen LogP contribution in [0.15, 0.2) is 47.8 Å². The van der Waals surface area contributed by atoms with Crippen LogP contribution in [0.4, 0.5) is 16.3 Å². The summed E-state index contributed by atoms with van der Waals surface area (Å²) in [6, 6.07) is 9.58. The monoisotopic (exact) mass is 635 g/mol. The van der Waals surface area contributed by atoms with Crippen molar-refractivity contribution in [3.8, 4) is 11.8 Å². The third-order valence-corrected chi connectivity index (χ3v) is 8.00. The summed E-state index contributed by atoms with van der Waals surface area (Å²) in [5.74, 6) is 1.53. The fraction of sp³-hybridized carbons (Fsp3) is 0.485. The smallest absolute Gasteiger partial charge is 0.410 e. The van der Waals surface area contributed by atoms with E-state index in [0.717, 1.165) is 49.2 Å². The SMILES string of the molecule is Cc1cc(OCCN2CCN(C(=O)OC(C)(C)C)CC2)ncc1C=Nc1c(NCc2ccccc2Cl)ncnc1OC1(C)CC1. The van der Waals surface area contributed by atoms with Crippen molar-refractivity contribution in [3.05, 3.63) is 64.6 Å². The van der Waals surface area contributed by atoms with Gasteiger partial charge < -0.3 is 24.4 Å². The van der Waals surface area contributed by atoms with Crippen molar-refractivity contribution >= 4 is 35.4 Å². The Bertz CT molecular complexity index is 1520. The minimum absolute atomic E-state index is 0.235. The number of aliphatic imine (C=N–C) groups is 1. The molecule has 1 aliphatic heterocycles. The third kappa shape index (κ3) is 9.27. The average molecular weight is 636 g/mol. The molecule has 11 nitrogen and oxygen atoms in total. The second kappa shape index (κ2) is 14.0. The molecule has 0 bridgehead atoms. The van der Waals surface area contributed by atoms with Gasteiger partial charge in [-0.3, -0.25) is 4.90 Å². The number of nitrogens with zero attached hydrogens (tertiary/aromatic N) is 6. The highest BCUT2D eigenvalue weighted by Crippen LogP contribution is 2.43. The van der Waals surface area contributed by atoms with Crippen LogP contribution in [0.25, 0.3) is 0 Å². The Morgan fingerprint density at radius 3 is 2.58 bits per heavy atom. The number of halogens is 1. The van der Waals surface area contributed by atoms with Gasteiger partial charge >= 0.3 is 6.09 Å². The summed E-state index contributed by atoms with van der Waals surface area (Å²) in [5.41, 5.74) is 2.54. The quantitative estimate of drug-likeness (QED) is 0.251. The number of carbonyl (C=O) groups is 1. The zero-order valence-electron chi connectivity index (χ0n) is 26.7. The van der Waals surface area contributed by atoms with Crippen LogP contribution >= 0.6 is 11.6 Å². The summed E-state index contributed by atoms with van der Waals surface area (Å²) < 4.78 is 17.7. The van der Waals surface area contributed by atoms with Crippen molar-refractivity contribution in [1.29, 1.82) is 0 Å². The molecule has 0 spiro atoms. The number of carbonyl (C=O) groups excluding carboxylic acids is 1. The van der Waals surface area contributed by atoms with Crippen LogP contribution in [0.3, 0.4) is 0 Å². The van der Waals surface area contributed by atoms with Crippen LogP contribution in [0, 0.1) is 6.92 Å². The van der Waals surface area contributed by atoms with Gasteiger partial charge in [0.15, 0.2) is 11.5 Å². The molecule has 3 aromatic rings. The molecule has 1 amide bonds. The molecule has 3 heterocycles. The van der Waals surface area contributed by atoms with Gasteiger partial charge in [0.05, 0.1) is 0 Å². The van der Waals surface area contributed by atoms with Gasteiger partial charge in [-0.05, 0) is 64.7 Å². The molecule has 1 N–H and O–H groups in total. The van der Waals surface area contributed by atoms with Gasteiger partial charge in [-0.15, -0.1) is 0 Å². The first-order valence-corrected chi connectivity index (χ1v) is 15.7. The summed E-state index contributed by atoms with van der Waals surface area (Å²) in [4.78, 5) is 34.5. The van der Waals surface area contributed by atoms with E-state index in [9.17, 15) is 4.79 Å². The van der Waals surface area contributed by atoms with Crippen LogP contribution in [-0.4, -0.2) is 87.6 Å². The van der Waals surface area contributed by atoms with Crippen LogP contribution in [0.2, 0.25) is 5.02 Å². The van der Waals surface area contributed by atoms with E-state index < -0.39 is 5.60 Å². The lowest BCUT2D eigenvalue weighted by Crippen LogP contribution is -2.50. The number of amides is 1. The number of rotatable bonds is 11. The minimum atomic E-state index is -0.492. The van der Waals surface area contributed by atoms with Crippen LogP contribution < -0.4 is 14.8 Å². The Morgan fingerprint density at radius 2 is 1.89 bits per heavy atom. The maximum atomic E-state index is 12.3. The molecule has 0 unspecified atom stereocenters. The minimum Gasteiger partial charge on any atom is -0.476 e. The fourth-order valence-electron chi connectivity index (χ4n) is 4.66. The summed E-state index contributed by atoms with van der Waals surface area (Å²) in [6.07, 6.45) is 6.65. The Hall–Kier alpha value is -3.96. The van der Waals surface area contributed by atoms with Gasteiger partial charge in [0, 0.05) is 68.3 Å². The number of piperazine rings is 1. The summed E-state index contributed by atoms with van der Waals surface area (Å²) >= 11 is 6.37. The number of hydrogen-bond donors (Lipinski definition) is 1. The molecule has 240 valence electrons. The first-order valence-electron chi connectivity index (χ1n) is 15.3. The van der Waals surface area contributed by atoms with E-state index in [2.05, 4.69) is 32.1 Å². The predicted molar refractivity (Wildman–Crippen MR) is 175 cm³/mol. The van der Waals surface area contributed by atoms with Gasteiger partial charge in [0.1, 0.15) is 24.1 Å². The van der Waals surface area contributed by atoms with E-state index in [4.69, 9.17) is 30.8 Å². The highest BCUT2D eigenvalue weighted by atomic mass is 35.5. The van der Waals surface area contributed by atoms with Crippen LogP contribution in [0.1, 0.15) is 57.2 Å². The van der Waals surface area contributed by atoms with E-state index in [1.807, 2.05) is 58.0 Å². The van der Waals surface area contributed by atoms with Crippen LogP contribution in [0.5, 0.6) is 11.8 Å². The molecule has 45 heavy (non-hydrogen) atoms. The number of nitrogens with one attached hydrogen (secondary N) is 1. The van der Waals surface area contributed by atoms with Crippen molar-refractivity contribution in [2.24, 2.45) is 4.99 Å². The van der Waals surface area contributed by atoms with Crippen molar-refractivity contribution in [3.63, 3.8) is 0 Å². The number of anilines is 1. The van der Waals surface area contributed by atoms with Crippen molar-refractivity contribution < 1.29 is 19.0 Å². The number of ether oxygens (including phenoxy) is 3. The Kier molecular flexibility index (Phi) is 10.1. The normalized spacial score (nSPS) is 16.4. The highest BCUT2D eigenvalue weighted by Gasteiger charge is 2.41. The number of hydrogen-bond acceptors (Lipinski definition) is 10. The first-order chi connectivity index (χ1) is 21.5. The lowest BCUT2D eigenvalue weighted by Gasteiger charge is -2.35. The second-order valence-electron chi connectivity index (χ2n) is 12.7. The molecular weight excluding hydrogens is 594 g/mol. The molecule has 5 rings (SSSR count). The number of pyridine rings is 1. The number of benzene rings is 1. The average Bonchev–Trinajstić information content (AvgIpc) is 3.72. The molecule has 0 atom stereocenters. The zero-order valence-corrected chi connectivity index (χ0v) is 27.4. The van der Waals surface area contributed by atoms with Crippen molar-refractivity contribution in [2.75, 3.05) is 44.6 Å². The van der Waals surface area contributed by atoms with Gasteiger partial charge in [-0.1, -0.05) is 29.8 Å². The topological polar surface area (TPSA) is 114 Å². The largest absolute Gasteiger partial charge is 0.476 e. The van der Waals surface area contributed by atoms with E-state index in [-0.39, 0.29) is 11.7 Å². The Labute approximate surface area is 270 Å². The van der Waals surface area contributed by atoms with E-state index in [0.29, 0.717) is 54.5 Å². The number of aromatic nitrogens is 3. The molecular formula is C33H42ClN7O4. The Morgan fingerprint density at radius 1 is 1.13 bits per heavy atom. The predicted octanol–water partition coefficient (Wildman–Crippen LogP) is 6.06. The molecule has 1 aliphatic carbocycles. The molecule has 2 fully saturated rings. The Balaban J connectivity index is 1.19. The van der Waals surface area contributed by atoms with Gasteiger partial charge in [0.2, 0.25) is 11.8 Å². The van der Waals surface area contributed by atoms with E-state index in [1.165, 1.54) is 6.33 Å². The maximum Gasteiger partial charge on any atom is 0.410 e. The van der Waals surface area contributed by atoms with E-state index >= 15 is 0 Å². The molecule has 12 heteroatoms. The third-order valence-electron chi connectivity index (χ3n) is 7.63. The zero-order chi connectivity index (χ0) is 32.0. The molecule has 1 saturated carbocycles. The first kappa shape index (κ1) is 32.4. The van der Waals surface area contributed by atoms with Gasteiger partial charge in [-0.25, -0.2) is 19.8 Å². The van der Waals surface area contributed by atoms with Gasteiger partial charge in [0.25, 0.3) is 0 Å². The van der Waals surface area contributed by atoms with Crippen LogP contribution in [-0.2, 0) is 11.3 Å².